The third kappa shape index (κ3) is 7.10. The number of hydrogen-bond donors (Lipinski definition) is 3. The smallest absolute Gasteiger partial charge is 0.481 e. The maximum Gasteiger partial charge on any atom is 0.490 e. The van der Waals surface area contributed by atoms with E-state index >= 15 is 0 Å². The van der Waals surface area contributed by atoms with E-state index in [-0.39, 0.29) is 12.5 Å². The molecule has 3 N–H and O–H groups in total. The van der Waals surface area contributed by atoms with Crippen LogP contribution in [0.5, 0.6) is 5.75 Å². The molecule has 1 unspecified atom stereocenters. The van der Waals surface area contributed by atoms with E-state index in [0.29, 0.717) is 24.6 Å². The summed E-state index contributed by atoms with van der Waals surface area (Å²) in [5.41, 5.74) is 0.667. The van der Waals surface area contributed by atoms with Crippen LogP contribution in [0, 0.1) is 0 Å². The molecule has 3 rings (SSSR count). The van der Waals surface area contributed by atoms with Gasteiger partial charge >= 0.3 is 18.1 Å². The lowest BCUT2D eigenvalue weighted by Gasteiger charge is -2.23. The Morgan fingerprint density at radius 1 is 1.19 bits per heavy atom. The Balaban J connectivity index is 0.000000451. The van der Waals surface area contributed by atoms with Crippen LogP contribution in [0.2, 0.25) is 0 Å². The van der Waals surface area contributed by atoms with E-state index < -0.39 is 24.2 Å². The molecule has 1 atom stereocenters. The molecule has 1 saturated heterocycles. The number of morpholine rings is 1. The van der Waals surface area contributed by atoms with Gasteiger partial charge in [0.25, 0.3) is 5.91 Å². The highest BCUT2D eigenvalue weighted by Crippen LogP contribution is 2.31. The molecule has 0 aromatic heterocycles. The molecule has 2 aromatic carbocycles. The fraction of sp³-hybridized carbons (Fsp3) is 0.350. The molecule has 2 aromatic rings. The number of fused-ring (bicyclic) bond motifs is 1. The summed E-state index contributed by atoms with van der Waals surface area (Å²) in [6, 6.07) is 11.0. The number of halogens is 3. The summed E-state index contributed by atoms with van der Waals surface area (Å²) in [5.74, 6) is -2.86. The van der Waals surface area contributed by atoms with Crippen molar-refractivity contribution in [3.05, 3.63) is 36.4 Å². The molecule has 0 spiro atoms. The van der Waals surface area contributed by atoms with Crippen molar-refractivity contribution >= 4 is 34.3 Å². The Bertz CT molecular complexity index is 960. The summed E-state index contributed by atoms with van der Waals surface area (Å²) in [4.78, 5) is 32.6. The third-order valence-electron chi connectivity index (χ3n) is 4.18. The topological polar surface area (TPSA) is 123 Å². The number of hydrogen-bond acceptors (Lipinski definition) is 7. The monoisotopic (exact) mass is 458 g/mol. The number of alkyl halides is 3. The minimum absolute atomic E-state index is 0.173. The number of carbonyl (C=O) groups excluding carboxylic acids is 2. The van der Waals surface area contributed by atoms with Gasteiger partial charge in [-0.15, -0.1) is 0 Å². The van der Waals surface area contributed by atoms with Crippen LogP contribution in [0.4, 0.5) is 18.9 Å². The second kappa shape index (κ2) is 11.3. The maximum atomic E-state index is 12.4. The van der Waals surface area contributed by atoms with E-state index in [1.165, 1.54) is 7.11 Å². The van der Waals surface area contributed by atoms with Gasteiger partial charge < -0.3 is 30.0 Å². The van der Waals surface area contributed by atoms with Crippen LogP contribution < -0.4 is 15.4 Å². The highest BCUT2D eigenvalue weighted by atomic mass is 19.4. The Hall–Kier alpha value is -3.38. The molecule has 1 amide bonds. The van der Waals surface area contributed by atoms with Crippen LogP contribution in [0.25, 0.3) is 10.8 Å². The fourth-order valence-electron chi connectivity index (χ4n) is 2.65. The lowest BCUT2D eigenvalue weighted by Crippen LogP contribution is -2.45. The number of rotatable bonds is 5. The molecule has 32 heavy (non-hydrogen) atoms. The van der Waals surface area contributed by atoms with Gasteiger partial charge in [-0.2, -0.15) is 13.2 Å². The molecule has 174 valence electrons. The predicted octanol–water partition coefficient (Wildman–Crippen LogP) is 1.95. The number of carboxylic acids is 1. The van der Waals surface area contributed by atoms with Crippen molar-refractivity contribution in [2.24, 2.45) is 0 Å². The summed E-state index contributed by atoms with van der Waals surface area (Å²) in [5, 5.41) is 14.8. The molecule has 1 fully saturated rings. The number of amides is 1. The molecule has 1 aliphatic heterocycles. The first-order chi connectivity index (χ1) is 15.1. The first-order valence-corrected chi connectivity index (χ1v) is 9.28. The first-order valence-electron chi connectivity index (χ1n) is 9.28. The molecule has 1 heterocycles. The van der Waals surface area contributed by atoms with Gasteiger partial charge in [-0.1, -0.05) is 24.3 Å². The number of nitrogens with one attached hydrogen (secondary N) is 2. The zero-order valence-corrected chi connectivity index (χ0v) is 16.9. The van der Waals surface area contributed by atoms with Gasteiger partial charge in [-0.05, 0) is 12.1 Å². The predicted molar refractivity (Wildman–Crippen MR) is 106 cm³/mol. The van der Waals surface area contributed by atoms with Crippen LogP contribution >= 0.6 is 0 Å². The second-order valence-corrected chi connectivity index (χ2v) is 6.38. The maximum absolute atomic E-state index is 12.4. The molecular weight excluding hydrogens is 437 g/mol. The van der Waals surface area contributed by atoms with Gasteiger partial charge in [0.15, 0.2) is 6.61 Å². The van der Waals surface area contributed by atoms with Gasteiger partial charge in [0.1, 0.15) is 11.9 Å². The van der Waals surface area contributed by atoms with Crippen molar-refractivity contribution in [1.82, 2.24) is 5.32 Å². The number of benzene rings is 2. The van der Waals surface area contributed by atoms with E-state index in [2.05, 4.69) is 15.4 Å². The molecule has 12 heteroatoms. The van der Waals surface area contributed by atoms with E-state index in [4.69, 9.17) is 19.4 Å². The zero-order chi connectivity index (χ0) is 23.7. The van der Waals surface area contributed by atoms with E-state index in [1.807, 2.05) is 24.3 Å². The lowest BCUT2D eigenvalue weighted by atomic mass is 10.1. The summed E-state index contributed by atoms with van der Waals surface area (Å²) in [6.45, 7) is 1.58. The summed E-state index contributed by atoms with van der Waals surface area (Å²) in [6.07, 6.45) is -5.59. The SMILES string of the molecule is COC(=O)COc1ccc(NC(=O)C2CNCCO2)c2ccccc12.O=C(O)C(F)(F)F. The Morgan fingerprint density at radius 3 is 2.41 bits per heavy atom. The first kappa shape index (κ1) is 24.9. The Kier molecular flexibility index (Phi) is 8.79. The quantitative estimate of drug-likeness (QED) is 0.581. The van der Waals surface area contributed by atoms with Crippen molar-refractivity contribution in [2.45, 2.75) is 12.3 Å². The van der Waals surface area contributed by atoms with Crippen molar-refractivity contribution in [2.75, 3.05) is 38.7 Å². The van der Waals surface area contributed by atoms with E-state index in [1.54, 1.807) is 12.1 Å². The summed E-state index contributed by atoms with van der Waals surface area (Å²) < 4.78 is 47.3. The number of aliphatic carboxylic acids is 1. The van der Waals surface area contributed by atoms with Crippen LogP contribution in [0.3, 0.4) is 0 Å². The lowest BCUT2D eigenvalue weighted by molar-refractivity contribution is -0.192. The number of esters is 1. The molecule has 9 nitrogen and oxygen atoms in total. The molecule has 1 aliphatic rings. The van der Waals surface area contributed by atoms with Crippen LogP contribution in [-0.2, 0) is 23.9 Å². The van der Waals surface area contributed by atoms with Gasteiger partial charge in [0.05, 0.1) is 13.7 Å². The average molecular weight is 458 g/mol. The average Bonchev–Trinajstić information content (AvgIpc) is 2.78. The largest absolute Gasteiger partial charge is 0.490 e. The summed E-state index contributed by atoms with van der Waals surface area (Å²) >= 11 is 0. The molecule has 0 saturated carbocycles. The Labute approximate surface area is 180 Å². The number of carbonyl (C=O) groups is 3. The number of carboxylic acid groups (broad SMARTS) is 1. The molecule has 0 aliphatic carbocycles. The Morgan fingerprint density at radius 2 is 1.84 bits per heavy atom. The third-order valence-corrected chi connectivity index (χ3v) is 4.18. The zero-order valence-electron chi connectivity index (χ0n) is 16.9. The van der Waals surface area contributed by atoms with E-state index in [9.17, 15) is 22.8 Å². The van der Waals surface area contributed by atoms with Crippen LogP contribution in [0.1, 0.15) is 0 Å². The molecule has 0 bridgehead atoms. The van der Waals surface area contributed by atoms with Gasteiger partial charge in [0, 0.05) is 29.5 Å². The van der Waals surface area contributed by atoms with Crippen molar-refractivity contribution in [3.63, 3.8) is 0 Å². The molecule has 0 radical (unpaired) electrons. The fourth-order valence-corrected chi connectivity index (χ4v) is 2.65. The normalized spacial score (nSPS) is 15.8. The van der Waals surface area contributed by atoms with Crippen molar-refractivity contribution < 1.29 is 46.9 Å². The highest BCUT2D eigenvalue weighted by Gasteiger charge is 2.38. The van der Waals surface area contributed by atoms with Crippen molar-refractivity contribution in [3.8, 4) is 5.75 Å². The van der Waals surface area contributed by atoms with Gasteiger partial charge in [-0.3, -0.25) is 4.79 Å². The van der Waals surface area contributed by atoms with Gasteiger partial charge in [-0.25, -0.2) is 9.59 Å². The minimum atomic E-state index is -5.08. The van der Waals surface area contributed by atoms with Crippen molar-refractivity contribution in [1.29, 1.82) is 0 Å². The van der Waals surface area contributed by atoms with Crippen LogP contribution in [0.15, 0.2) is 36.4 Å². The summed E-state index contributed by atoms with van der Waals surface area (Å²) in [7, 11) is 1.31. The minimum Gasteiger partial charge on any atom is -0.481 e. The van der Waals surface area contributed by atoms with Gasteiger partial charge in [0.2, 0.25) is 0 Å². The van der Waals surface area contributed by atoms with E-state index in [0.717, 1.165) is 17.3 Å². The number of ether oxygens (including phenoxy) is 3. The second-order valence-electron chi connectivity index (χ2n) is 6.38. The standard InChI is InChI=1S/C18H20N2O5.C2HF3O2/c1-23-17(21)11-25-15-7-6-14(12-4-2-3-5-13(12)15)20-18(22)16-10-19-8-9-24-16;3-2(4,5)1(6)7/h2-7,16,19H,8-11H2,1H3,(H,20,22);(H,6,7). The van der Waals surface area contributed by atoms with Crippen LogP contribution in [-0.4, -0.2) is 68.6 Å². The number of methoxy groups -OCH3 is 1. The molecular formula is C20H21F3N2O7. The highest BCUT2D eigenvalue weighted by molar-refractivity contribution is 6.05. The number of anilines is 1.